The van der Waals surface area contributed by atoms with Gasteiger partial charge in [-0.25, -0.2) is 4.99 Å². The van der Waals surface area contributed by atoms with E-state index in [-0.39, 0.29) is 18.4 Å². The first kappa shape index (κ1) is 26.8. The van der Waals surface area contributed by atoms with Crippen molar-refractivity contribution in [3.63, 3.8) is 0 Å². The summed E-state index contributed by atoms with van der Waals surface area (Å²) in [5.74, 6) is 1.09. The van der Waals surface area contributed by atoms with Crippen molar-refractivity contribution in [1.82, 2.24) is 4.90 Å². The number of benzene rings is 3. The predicted molar refractivity (Wildman–Crippen MR) is 151 cm³/mol. The van der Waals surface area contributed by atoms with Crippen LogP contribution in [0.2, 0.25) is 0 Å². The zero-order chi connectivity index (χ0) is 27.1. The topological polar surface area (TPSA) is 89.5 Å². The van der Waals surface area contributed by atoms with Gasteiger partial charge in [-0.05, 0) is 74.1 Å². The molecule has 8 nitrogen and oxygen atoms in total. The number of para-hydroxylation sites is 1. The molecule has 1 fully saturated rings. The maximum absolute atomic E-state index is 13.2. The molecule has 3 aromatic carbocycles. The number of aliphatic imine (C=N–C) groups is 1. The van der Waals surface area contributed by atoms with E-state index < -0.39 is 0 Å². The molecule has 196 valence electrons. The number of anilines is 1. The summed E-state index contributed by atoms with van der Waals surface area (Å²) in [6.07, 6.45) is 1.74. The molecule has 0 aromatic heterocycles. The fourth-order valence-corrected chi connectivity index (χ4v) is 4.77. The largest absolute Gasteiger partial charge is 0.497 e. The van der Waals surface area contributed by atoms with Gasteiger partial charge in [0.05, 0.1) is 24.8 Å². The summed E-state index contributed by atoms with van der Waals surface area (Å²) in [5.41, 5.74) is 3.11. The first-order valence-electron chi connectivity index (χ1n) is 12.0. The molecule has 0 saturated carbocycles. The number of aryl methyl sites for hydroxylation is 1. The molecule has 38 heavy (non-hydrogen) atoms. The Balaban J connectivity index is 1.56. The highest BCUT2D eigenvalue weighted by Crippen LogP contribution is 2.38. The molecule has 0 aliphatic carbocycles. The van der Waals surface area contributed by atoms with E-state index in [1.165, 1.54) is 18.9 Å². The first-order chi connectivity index (χ1) is 18.4. The Hall–Kier alpha value is -4.24. The summed E-state index contributed by atoms with van der Waals surface area (Å²) in [5, 5.41) is 3.40. The molecule has 0 spiro atoms. The van der Waals surface area contributed by atoms with Crippen LogP contribution in [0.3, 0.4) is 0 Å². The van der Waals surface area contributed by atoms with Gasteiger partial charge in [-0.2, -0.15) is 0 Å². The van der Waals surface area contributed by atoms with Crippen molar-refractivity contribution in [1.29, 1.82) is 0 Å². The Morgan fingerprint density at radius 3 is 2.42 bits per heavy atom. The van der Waals surface area contributed by atoms with E-state index in [1.807, 2.05) is 68.4 Å². The van der Waals surface area contributed by atoms with Crippen molar-refractivity contribution in [3.05, 3.63) is 82.8 Å². The number of amidine groups is 1. The molecular formula is C29H29N3O5S. The molecule has 1 saturated heterocycles. The van der Waals surface area contributed by atoms with Crippen LogP contribution in [0.25, 0.3) is 6.08 Å². The third-order valence-corrected chi connectivity index (χ3v) is 6.71. The van der Waals surface area contributed by atoms with Crippen LogP contribution >= 0.6 is 11.8 Å². The van der Waals surface area contributed by atoms with E-state index in [1.54, 1.807) is 30.2 Å². The van der Waals surface area contributed by atoms with Crippen LogP contribution in [0, 0.1) is 6.92 Å². The fourth-order valence-electron chi connectivity index (χ4n) is 3.71. The SMILES string of the molecule is CCN1C(=O)/C(=C\c2cccc(OC)c2OCC(=O)Nc2ccc(C)cc2)SC1=Nc1ccc(OC)cc1. The van der Waals surface area contributed by atoms with E-state index in [2.05, 4.69) is 10.3 Å². The minimum absolute atomic E-state index is 0.157. The van der Waals surface area contributed by atoms with Crippen LogP contribution in [0.1, 0.15) is 18.1 Å². The summed E-state index contributed by atoms with van der Waals surface area (Å²) >= 11 is 1.28. The molecule has 0 atom stereocenters. The fraction of sp³-hybridized carbons (Fsp3) is 0.207. The second-order valence-corrected chi connectivity index (χ2v) is 9.34. The van der Waals surface area contributed by atoms with Crippen LogP contribution in [-0.4, -0.2) is 49.3 Å². The summed E-state index contributed by atoms with van der Waals surface area (Å²) in [6, 6.07) is 20.2. The molecule has 0 bridgehead atoms. The summed E-state index contributed by atoms with van der Waals surface area (Å²) in [4.78, 5) is 32.5. The Kier molecular flexibility index (Phi) is 8.70. The number of hydrogen-bond acceptors (Lipinski definition) is 7. The zero-order valence-corrected chi connectivity index (χ0v) is 22.5. The second-order valence-electron chi connectivity index (χ2n) is 8.33. The Labute approximate surface area is 226 Å². The predicted octanol–water partition coefficient (Wildman–Crippen LogP) is 5.65. The van der Waals surface area contributed by atoms with Gasteiger partial charge in [0.1, 0.15) is 5.75 Å². The first-order valence-corrected chi connectivity index (χ1v) is 12.8. The van der Waals surface area contributed by atoms with E-state index in [0.29, 0.717) is 45.1 Å². The van der Waals surface area contributed by atoms with Crippen molar-refractivity contribution < 1.29 is 23.8 Å². The maximum atomic E-state index is 13.2. The maximum Gasteiger partial charge on any atom is 0.266 e. The van der Waals surface area contributed by atoms with Crippen molar-refractivity contribution in [3.8, 4) is 17.2 Å². The molecule has 4 rings (SSSR count). The number of rotatable bonds is 9. The van der Waals surface area contributed by atoms with Gasteiger partial charge in [0.15, 0.2) is 23.3 Å². The Bertz CT molecular complexity index is 1370. The minimum atomic E-state index is -0.309. The molecule has 1 aliphatic rings. The average Bonchev–Trinajstić information content (AvgIpc) is 3.22. The zero-order valence-electron chi connectivity index (χ0n) is 21.7. The van der Waals surface area contributed by atoms with Crippen LogP contribution in [0.4, 0.5) is 11.4 Å². The van der Waals surface area contributed by atoms with Gasteiger partial charge in [0.2, 0.25) is 0 Å². The van der Waals surface area contributed by atoms with Gasteiger partial charge in [-0.3, -0.25) is 14.5 Å². The van der Waals surface area contributed by atoms with Gasteiger partial charge in [0.25, 0.3) is 11.8 Å². The van der Waals surface area contributed by atoms with Crippen LogP contribution in [0.5, 0.6) is 17.2 Å². The summed E-state index contributed by atoms with van der Waals surface area (Å²) in [7, 11) is 3.13. The highest BCUT2D eigenvalue weighted by Gasteiger charge is 2.32. The van der Waals surface area contributed by atoms with E-state index in [4.69, 9.17) is 14.2 Å². The van der Waals surface area contributed by atoms with E-state index in [9.17, 15) is 9.59 Å². The number of nitrogens with one attached hydrogen (secondary N) is 1. The van der Waals surface area contributed by atoms with Gasteiger partial charge in [0, 0.05) is 17.8 Å². The number of hydrogen-bond donors (Lipinski definition) is 1. The lowest BCUT2D eigenvalue weighted by Gasteiger charge is -2.14. The Morgan fingerprint density at radius 1 is 1.03 bits per heavy atom. The molecule has 2 amide bonds. The molecular weight excluding hydrogens is 502 g/mol. The number of amides is 2. The van der Waals surface area contributed by atoms with Crippen molar-refractivity contribution in [2.45, 2.75) is 13.8 Å². The molecule has 1 N–H and O–H groups in total. The van der Waals surface area contributed by atoms with E-state index in [0.717, 1.165) is 11.3 Å². The lowest BCUT2D eigenvalue weighted by molar-refractivity contribution is -0.122. The van der Waals surface area contributed by atoms with Crippen LogP contribution < -0.4 is 19.5 Å². The molecule has 0 unspecified atom stereocenters. The molecule has 3 aromatic rings. The van der Waals surface area contributed by atoms with Crippen LogP contribution in [-0.2, 0) is 9.59 Å². The highest BCUT2D eigenvalue weighted by atomic mass is 32.2. The number of ether oxygens (including phenoxy) is 3. The highest BCUT2D eigenvalue weighted by molar-refractivity contribution is 8.18. The number of nitrogens with zero attached hydrogens (tertiary/aromatic N) is 2. The number of carbonyl (C=O) groups is 2. The molecule has 9 heteroatoms. The summed E-state index contributed by atoms with van der Waals surface area (Å²) in [6.45, 7) is 4.13. The lowest BCUT2D eigenvalue weighted by atomic mass is 10.1. The average molecular weight is 532 g/mol. The van der Waals surface area contributed by atoms with Crippen molar-refractivity contribution >= 4 is 46.2 Å². The molecule has 1 aliphatic heterocycles. The third kappa shape index (κ3) is 6.36. The molecule has 0 radical (unpaired) electrons. The number of carbonyl (C=O) groups excluding carboxylic acids is 2. The third-order valence-electron chi connectivity index (χ3n) is 5.70. The number of likely N-dealkylation sites (N-methyl/N-ethyl adjacent to an activating group) is 1. The standard InChI is InChI=1S/C29H29N3O5S/c1-5-32-28(34)25(38-29(32)31-22-13-15-23(35-3)16-14-22)17-20-7-6-8-24(36-4)27(20)37-18-26(33)30-21-11-9-19(2)10-12-21/h6-17H,5,18H2,1-4H3,(H,30,33)/b25-17+,31-29?. The quantitative estimate of drug-likeness (QED) is 0.359. The number of methoxy groups -OCH3 is 2. The molecule has 1 heterocycles. The van der Waals surface area contributed by atoms with Crippen LogP contribution in [0.15, 0.2) is 76.6 Å². The van der Waals surface area contributed by atoms with Gasteiger partial charge in [-0.15, -0.1) is 0 Å². The monoisotopic (exact) mass is 531 g/mol. The van der Waals surface area contributed by atoms with Crippen molar-refractivity contribution in [2.24, 2.45) is 4.99 Å². The minimum Gasteiger partial charge on any atom is -0.497 e. The normalized spacial score (nSPS) is 15.2. The lowest BCUT2D eigenvalue weighted by Crippen LogP contribution is -2.28. The number of thioether (sulfide) groups is 1. The van der Waals surface area contributed by atoms with Gasteiger partial charge < -0.3 is 19.5 Å². The smallest absolute Gasteiger partial charge is 0.266 e. The Morgan fingerprint density at radius 2 is 1.76 bits per heavy atom. The van der Waals surface area contributed by atoms with E-state index >= 15 is 0 Å². The summed E-state index contributed by atoms with van der Waals surface area (Å²) < 4.78 is 16.6. The van der Waals surface area contributed by atoms with Gasteiger partial charge >= 0.3 is 0 Å². The second kappa shape index (κ2) is 12.3. The van der Waals surface area contributed by atoms with Gasteiger partial charge in [-0.1, -0.05) is 29.8 Å². The van der Waals surface area contributed by atoms with Crippen molar-refractivity contribution in [2.75, 3.05) is 32.7 Å².